The molecule has 6 nitrogen and oxygen atoms in total. The summed E-state index contributed by atoms with van der Waals surface area (Å²) in [5, 5.41) is 2.85. The quantitative estimate of drug-likeness (QED) is 0.453. The summed E-state index contributed by atoms with van der Waals surface area (Å²) in [6.45, 7) is 2.36. The van der Waals surface area contributed by atoms with Crippen molar-refractivity contribution in [2.24, 2.45) is 0 Å². The van der Waals surface area contributed by atoms with Crippen molar-refractivity contribution in [2.75, 3.05) is 5.32 Å². The van der Waals surface area contributed by atoms with Crippen LogP contribution in [0.4, 0.5) is 5.69 Å². The summed E-state index contributed by atoms with van der Waals surface area (Å²) in [6.07, 6.45) is 4.82. The zero-order valence-corrected chi connectivity index (χ0v) is 19.1. The molecule has 0 saturated heterocycles. The first-order chi connectivity index (χ1) is 15.9. The summed E-state index contributed by atoms with van der Waals surface area (Å²) in [5.41, 5.74) is 3.37. The van der Waals surface area contributed by atoms with Gasteiger partial charge in [-0.3, -0.25) is 4.79 Å². The Morgan fingerprint density at radius 3 is 2.45 bits per heavy atom. The van der Waals surface area contributed by atoms with Crippen LogP contribution in [-0.4, -0.2) is 20.4 Å². The first-order valence-electron chi connectivity index (χ1n) is 10.8. The van der Waals surface area contributed by atoms with Crippen LogP contribution in [0.1, 0.15) is 29.5 Å². The molecule has 3 aromatic carbocycles. The van der Waals surface area contributed by atoms with Gasteiger partial charge in [0.2, 0.25) is 15.9 Å². The Labute approximate surface area is 194 Å². The van der Waals surface area contributed by atoms with E-state index in [0.717, 1.165) is 29.5 Å². The number of rotatable bonds is 9. The summed E-state index contributed by atoms with van der Waals surface area (Å²) in [6, 6.07) is 21.9. The molecule has 0 atom stereocenters. The maximum absolute atomic E-state index is 12.5. The lowest BCUT2D eigenvalue weighted by Gasteiger charge is -2.13. The highest BCUT2D eigenvalue weighted by Crippen LogP contribution is 2.27. The number of hydrogen-bond donors (Lipinski definition) is 2. The molecule has 0 aliphatic heterocycles. The number of carbonyl (C=O) groups is 1. The van der Waals surface area contributed by atoms with Crippen molar-refractivity contribution in [1.82, 2.24) is 4.72 Å². The third kappa shape index (κ3) is 6.54. The average molecular weight is 463 g/mol. The number of aryl methyl sites for hydroxylation is 1. The van der Waals surface area contributed by atoms with Gasteiger partial charge in [-0.15, -0.1) is 0 Å². The van der Waals surface area contributed by atoms with E-state index in [-0.39, 0.29) is 16.8 Å². The van der Waals surface area contributed by atoms with Crippen LogP contribution in [-0.2, 0) is 21.4 Å². The summed E-state index contributed by atoms with van der Waals surface area (Å²) in [5.74, 6) is 0.286. The van der Waals surface area contributed by atoms with Crippen LogP contribution >= 0.6 is 0 Å². The Bertz CT molecular complexity index is 1250. The van der Waals surface area contributed by atoms with E-state index in [1.54, 1.807) is 18.2 Å². The summed E-state index contributed by atoms with van der Waals surface area (Å²) in [7, 11) is -3.49. The molecule has 1 saturated carbocycles. The van der Waals surface area contributed by atoms with Crippen LogP contribution < -0.4 is 14.8 Å². The Hall–Kier alpha value is -3.42. The highest BCUT2D eigenvalue weighted by Gasteiger charge is 2.27. The minimum atomic E-state index is -3.49. The fourth-order valence-electron chi connectivity index (χ4n) is 3.18. The van der Waals surface area contributed by atoms with Gasteiger partial charge in [0.1, 0.15) is 12.4 Å². The summed E-state index contributed by atoms with van der Waals surface area (Å²) in [4.78, 5) is 12.7. The summed E-state index contributed by atoms with van der Waals surface area (Å²) < 4.78 is 33.1. The van der Waals surface area contributed by atoms with Crippen LogP contribution in [0.2, 0.25) is 0 Å². The Morgan fingerprint density at radius 1 is 1.03 bits per heavy atom. The van der Waals surface area contributed by atoms with Crippen molar-refractivity contribution in [3.63, 3.8) is 0 Å². The van der Waals surface area contributed by atoms with Gasteiger partial charge in [0.15, 0.2) is 0 Å². The fourth-order valence-corrected chi connectivity index (χ4v) is 4.49. The highest BCUT2D eigenvalue weighted by atomic mass is 32.2. The number of nitrogens with one attached hydrogen (secondary N) is 2. The minimum absolute atomic E-state index is 0.0570. The number of benzene rings is 3. The topological polar surface area (TPSA) is 84.5 Å². The Morgan fingerprint density at radius 2 is 1.76 bits per heavy atom. The van der Waals surface area contributed by atoms with Crippen LogP contribution in [0, 0.1) is 6.92 Å². The second kappa shape index (κ2) is 10.0. The fraction of sp³-hybridized carbons (Fsp3) is 0.192. The van der Waals surface area contributed by atoms with E-state index in [4.69, 9.17) is 4.74 Å². The normalized spacial score (nSPS) is 13.7. The molecule has 1 fully saturated rings. The number of sulfonamides is 1. The van der Waals surface area contributed by atoms with Gasteiger partial charge in [0.05, 0.1) is 10.6 Å². The molecule has 0 unspecified atom stereocenters. The molecule has 1 amide bonds. The largest absolute Gasteiger partial charge is 0.487 e. The molecule has 2 N–H and O–H groups in total. The zero-order chi connectivity index (χ0) is 23.3. The molecule has 33 heavy (non-hydrogen) atoms. The SMILES string of the molecule is Cc1ccc(NC(=O)C=Cc2ccc(S(=O)(=O)NC3CC3)cc2)c(OCc2ccccc2)c1. The van der Waals surface area contributed by atoms with E-state index < -0.39 is 10.0 Å². The van der Waals surface area contributed by atoms with E-state index in [1.165, 1.54) is 18.2 Å². The van der Waals surface area contributed by atoms with Gasteiger partial charge in [0, 0.05) is 12.1 Å². The first kappa shape index (κ1) is 22.8. The lowest BCUT2D eigenvalue weighted by molar-refractivity contribution is -0.111. The van der Waals surface area contributed by atoms with E-state index in [9.17, 15) is 13.2 Å². The van der Waals surface area contributed by atoms with E-state index in [2.05, 4.69) is 10.0 Å². The van der Waals surface area contributed by atoms with Crippen LogP contribution in [0.25, 0.3) is 6.08 Å². The maximum atomic E-state index is 12.5. The van der Waals surface area contributed by atoms with Gasteiger partial charge in [0.25, 0.3) is 0 Å². The molecule has 1 aliphatic carbocycles. The van der Waals surface area contributed by atoms with Crippen molar-refractivity contribution in [1.29, 1.82) is 0 Å². The van der Waals surface area contributed by atoms with Crippen LogP contribution in [0.5, 0.6) is 5.75 Å². The maximum Gasteiger partial charge on any atom is 0.248 e. The number of carbonyl (C=O) groups excluding carboxylic acids is 1. The molecule has 4 rings (SSSR count). The third-order valence-electron chi connectivity index (χ3n) is 5.15. The Kier molecular flexibility index (Phi) is 6.91. The van der Waals surface area contributed by atoms with Crippen molar-refractivity contribution in [3.8, 4) is 5.75 Å². The Balaban J connectivity index is 1.39. The van der Waals surface area contributed by atoms with Gasteiger partial charge in [-0.25, -0.2) is 13.1 Å². The predicted octanol–water partition coefficient (Wildman–Crippen LogP) is 4.67. The molecule has 0 spiro atoms. The molecule has 1 aliphatic rings. The molecule has 170 valence electrons. The van der Waals surface area contributed by atoms with Gasteiger partial charge >= 0.3 is 0 Å². The average Bonchev–Trinajstić information content (AvgIpc) is 3.62. The molecular formula is C26H26N2O4S. The third-order valence-corrected chi connectivity index (χ3v) is 6.69. The van der Waals surface area contributed by atoms with Gasteiger partial charge in [-0.1, -0.05) is 48.5 Å². The summed E-state index contributed by atoms with van der Waals surface area (Å²) >= 11 is 0. The highest BCUT2D eigenvalue weighted by molar-refractivity contribution is 7.89. The lowest BCUT2D eigenvalue weighted by Crippen LogP contribution is -2.25. The zero-order valence-electron chi connectivity index (χ0n) is 18.3. The number of anilines is 1. The minimum Gasteiger partial charge on any atom is -0.487 e. The number of hydrogen-bond acceptors (Lipinski definition) is 4. The molecule has 0 heterocycles. The van der Waals surface area contributed by atoms with E-state index in [0.29, 0.717) is 18.0 Å². The van der Waals surface area contributed by atoms with E-state index in [1.807, 2.05) is 55.5 Å². The van der Waals surface area contributed by atoms with Gasteiger partial charge in [-0.2, -0.15) is 0 Å². The molecule has 0 bridgehead atoms. The number of ether oxygens (including phenoxy) is 1. The second-order valence-corrected chi connectivity index (χ2v) is 9.78. The molecule has 0 radical (unpaired) electrons. The lowest BCUT2D eigenvalue weighted by atomic mass is 10.2. The molecule has 7 heteroatoms. The molecular weight excluding hydrogens is 436 g/mol. The predicted molar refractivity (Wildman–Crippen MR) is 129 cm³/mol. The smallest absolute Gasteiger partial charge is 0.248 e. The van der Waals surface area contributed by atoms with Crippen molar-refractivity contribution in [3.05, 3.63) is 95.6 Å². The van der Waals surface area contributed by atoms with Crippen LogP contribution in [0.3, 0.4) is 0 Å². The number of amides is 1. The molecule has 0 aromatic heterocycles. The van der Waals surface area contributed by atoms with Crippen molar-refractivity contribution < 1.29 is 17.9 Å². The van der Waals surface area contributed by atoms with E-state index >= 15 is 0 Å². The monoisotopic (exact) mass is 462 g/mol. The van der Waals surface area contributed by atoms with Gasteiger partial charge in [-0.05, 0) is 66.8 Å². The molecule has 3 aromatic rings. The first-order valence-corrected chi connectivity index (χ1v) is 12.3. The van der Waals surface area contributed by atoms with Gasteiger partial charge < -0.3 is 10.1 Å². The van der Waals surface area contributed by atoms with Crippen molar-refractivity contribution >= 4 is 27.7 Å². The standard InChI is InChI=1S/C26H26N2O4S/c1-19-7-15-24(25(17-19)32-18-21-5-3-2-4-6-21)27-26(29)16-10-20-8-13-23(14-9-20)33(30,31)28-22-11-12-22/h2-10,13-17,22,28H,11-12,18H2,1H3,(H,27,29). The van der Waals surface area contributed by atoms with Crippen molar-refractivity contribution in [2.45, 2.75) is 37.3 Å². The second-order valence-electron chi connectivity index (χ2n) is 8.06. The van der Waals surface area contributed by atoms with Crippen LogP contribution in [0.15, 0.2) is 83.8 Å².